The van der Waals surface area contributed by atoms with Gasteiger partial charge < -0.3 is 24.8 Å². The minimum absolute atomic E-state index is 0.0152. The lowest BCUT2D eigenvalue weighted by molar-refractivity contribution is -0.145. The highest BCUT2D eigenvalue weighted by molar-refractivity contribution is 7.89. The lowest BCUT2D eigenvalue weighted by Gasteiger charge is -2.34. The lowest BCUT2D eigenvalue weighted by atomic mass is 9.80. The zero-order chi connectivity index (χ0) is 36.3. The van der Waals surface area contributed by atoms with Gasteiger partial charge in [0.05, 0.1) is 37.3 Å². The summed E-state index contributed by atoms with van der Waals surface area (Å²) in [6, 6.07) is 7.35. The van der Waals surface area contributed by atoms with Crippen LogP contribution in [0.2, 0.25) is 0 Å². The highest BCUT2D eigenvalue weighted by Gasteiger charge is 2.46. The molecule has 16 heteroatoms. The van der Waals surface area contributed by atoms with E-state index in [2.05, 4.69) is 20.1 Å². The van der Waals surface area contributed by atoms with Crippen LogP contribution in [0.1, 0.15) is 35.4 Å². The van der Waals surface area contributed by atoms with Crippen molar-refractivity contribution < 1.29 is 41.4 Å². The Bertz CT molecular complexity index is 1830. The van der Waals surface area contributed by atoms with Crippen LogP contribution >= 0.6 is 11.3 Å². The molecular weight excluding hydrogens is 705 g/mol. The van der Waals surface area contributed by atoms with Crippen molar-refractivity contribution in [2.45, 2.75) is 49.6 Å². The molecule has 0 bridgehead atoms. The molecule has 3 aliphatic rings. The molecule has 0 unspecified atom stereocenters. The van der Waals surface area contributed by atoms with Gasteiger partial charge in [-0.2, -0.15) is 4.31 Å². The summed E-state index contributed by atoms with van der Waals surface area (Å²) in [4.78, 5) is 34.3. The molecule has 1 amide bonds. The first kappa shape index (κ1) is 37.2. The number of carboxylic acid groups (broad SMARTS) is 1. The third kappa shape index (κ3) is 8.42. The van der Waals surface area contributed by atoms with E-state index in [4.69, 9.17) is 9.47 Å². The first-order chi connectivity index (χ1) is 24.3. The number of rotatable bonds is 13. The number of fused-ring (bicyclic) bond motifs is 1. The molecule has 0 radical (unpaired) electrons. The van der Waals surface area contributed by atoms with Crippen LogP contribution in [-0.4, -0.2) is 117 Å². The van der Waals surface area contributed by atoms with E-state index in [0.29, 0.717) is 85.7 Å². The monoisotopic (exact) mass is 747 g/mol. The number of hydrogen-bond donors (Lipinski definition) is 2. The van der Waals surface area contributed by atoms with Gasteiger partial charge in [-0.15, -0.1) is 11.3 Å². The van der Waals surface area contributed by atoms with Gasteiger partial charge in [0.25, 0.3) is 0 Å². The zero-order valence-electron chi connectivity index (χ0n) is 28.7. The normalized spacial score (nSPS) is 18.5. The molecule has 2 fully saturated rings. The maximum Gasteiger partial charge on any atom is 0.304 e. The largest absolute Gasteiger partial charge is 0.491 e. The number of halogens is 2. The van der Waals surface area contributed by atoms with Crippen molar-refractivity contribution >= 4 is 33.2 Å². The molecule has 3 aromatic rings. The predicted octanol–water partition coefficient (Wildman–Crippen LogP) is 3.39. The topological polar surface area (TPSA) is 142 Å². The van der Waals surface area contributed by atoms with Crippen molar-refractivity contribution in [1.82, 2.24) is 24.4 Å². The summed E-state index contributed by atoms with van der Waals surface area (Å²) in [7, 11) is 0.0807. The first-order valence-electron chi connectivity index (χ1n) is 17.0. The smallest absolute Gasteiger partial charge is 0.304 e. The summed E-state index contributed by atoms with van der Waals surface area (Å²) < 4.78 is 69.1. The summed E-state index contributed by atoms with van der Waals surface area (Å²) >= 11 is 1.26. The van der Waals surface area contributed by atoms with Crippen LogP contribution in [0.5, 0.6) is 5.75 Å². The first-order valence-corrected chi connectivity index (χ1v) is 19.3. The van der Waals surface area contributed by atoms with E-state index >= 15 is 0 Å². The van der Waals surface area contributed by atoms with E-state index in [1.807, 2.05) is 14.1 Å². The fourth-order valence-corrected chi connectivity index (χ4v) is 9.48. The number of sulfonamides is 1. The second kappa shape index (κ2) is 15.6. The molecule has 2 aromatic carbocycles. The van der Waals surface area contributed by atoms with E-state index < -0.39 is 45.4 Å². The molecule has 0 spiro atoms. The second-order valence-corrected chi connectivity index (χ2v) is 16.5. The van der Waals surface area contributed by atoms with Crippen LogP contribution in [0, 0.1) is 17.0 Å². The van der Waals surface area contributed by atoms with Crippen LogP contribution in [0.25, 0.3) is 11.3 Å². The Labute approximate surface area is 300 Å². The van der Waals surface area contributed by atoms with Crippen LogP contribution in [0.15, 0.2) is 40.6 Å². The van der Waals surface area contributed by atoms with Crippen LogP contribution in [0.4, 0.5) is 8.78 Å². The van der Waals surface area contributed by atoms with Gasteiger partial charge in [-0.25, -0.2) is 22.2 Å². The highest BCUT2D eigenvalue weighted by Crippen LogP contribution is 2.41. The van der Waals surface area contributed by atoms with Crippen molar-refractivity contribution in [3.05, 3.63) is 63.5 Å². The fraction of sp³-hybridized carbons (Fsp3) is 0.514. The Morgan fingerprint density at radius 2 is 1.75 bits per heavy atom. The van der Waals surface area contributed by atoms with E-state index in [1.165, 1.54) is 15.6 Å². The maximum absolute atomic E-state index is 14.1. The number of nitrogens with one attached hydrogen (secondary N) is 1. The lowest BCUT2D eigenvalue weighted by Crippen LogP contribution is -2.44. The molecule has 0 atom stereocenters. The molecule has 276 valence electrons. The van der Waals surface area contributed by atoms with Crippen molar-refractivity contribution in [3.63, 3.8) is 0 Å². The Balaban J connectivity index is 1.19. The van der Waals surface area contributed by atoms with Gasteiger partial charge in [-0.1, -0.05) is 0 Å². The van der Waals surface area contributed by atoms with Gasteiger partial charge in [0.1, 0.15) is 22.3 Å². The summed E-state index contributed by atoms with van der Waals surface area (Å²) in [5.41, 5.74) is 0.470. The van der Waals surface area contributed by atoms with Crippen molar-refractivity contribution in [3.8, 4) is 17.0 Å². The zero-order valence-corrected chi connectivity index (χ0v) is 30.3. The van der Waals surface area contributed by atoms with Crippen LogP contribution in [-0.2, 0) is 43.7 Å². The van der Waals surface area contributed by atoms with Gasteiger partial charge in [0, 0.05) is 49.7 Å². The molecule has 0 saturated carbocycles. The quantitative estimate of drug-likeness (QED) is 0.268. The molecule has 1 aliphatic carbocycles. The third-order valence-electron chi connectivity index (χ3n) is 10.0. The number of morpholine rings is 1. The Morgan fingerprint density at radius 1 is 1.08 bits per heavy atom. The van der Waals surface area contributed by atoms with Gasteiger partial charge in [0.15, 0.2) is 11.6 Å². The molecular formula is C35H43F2N5O7S2. The maximum atomic E-state index is 14.1. The molecule has 12 nitrogen and oxygen atoms in total. The number of amides is 1. The number of nitrogens with zero attached hydrogens (tertiary/aromatic N) is 4. The van der Waals surface area contributed by atoms with Crippen molar-refractivity contribution in [2.24, 2.45) is 5.41 Å². The predicted molar refractivity (Wildman–Crippen MR) is 186 cm³/mol. The average Bonchev–Trinajstić information content (AvgIpc) is 3.72. The molecule has 51 heavy (non-hydrogen) atoms. The average molecular weight is 748 g/mol. The molecule has 3 heterocycles. The number of ether oxygens (including phenoxy) is 2. The summed E-state index contributed by atoms with van der Waals surface area (Å²) in [6.07, 6.45) is 0.851. The van der Waals surface area contributed by atoms with Gasteiger partial charge in [-0.3, -0.25) is 14.5 Å². The van der Waals surface area contributed by atoms with E-state index in [0.717, 1.165) is 25.2 Å². The standard InChI is InChI=1S/C35H43F2N5O7S2/c1-40(2)26-5-7-42(8-6-26)51(46,47)31-17-23(3-4-30(31)49-14-11-41-9-12-48-13-10-41)29-22-50-32(39-29)21-38-34(45)35(20-33(43)44)18-24-15-27(36)28(37)16-25(24)19-35/h3-4,15-17,22,26H,5-14,18-21H2,1-2H3,(H,38,45)(H,43,44). The fourth-order valence-electron chi connectivity index (χ4n) is 7.11. The molecule has 6 rings (SSSR count). The van der Waals surface area contributed by atoms with Crippen molar-refractivity contribution in [1.29, 1.82) is 0 Å². The number of aliphatic carboxylic acids is 1. The highest BCUT2D eigenvalue weighted by atomic mass is 32.2. The molecule has 2 saturated heterocycles. The minimum Gasteiger partial charge on any atom is -0.491 e. The van der Waals surface area contributed by atoms with Gasteiger partial charge in [-0.05, 0) is 81.2 Å². The van der Waals surface area contributed by atoms with E-state index in [9.17, 15) is 31.9 Å². The minimum atomic E-state index is -3.92. The number of thiazole rings is 1. The Morgan fingerprint density at radius 3 is 2.37 bits per heavy atom. The molecule has 2 aliphatic heterocycles. The number of hydrogen-bond acceptors (Lipinski definition) is 10. The number of carboxylic acids is 1. The van der Waals surface area contributed by atoms with Crippen LogP contribution in [0.3, 0.4) is 0 Å². The molecule has 1 aromatic heterocycles. The van der Waals surface area contributed by atoms with E-state index in [1.54, 1.807) is 23.6 Å². The third-order valence-corrected chi connectivity index (χ3v) is 12.8. The number of carbonyl (C=O) groups excluding carboxylic acids is 1. The SMILES string of the molecule is CN(C)C1CCN(S(=O)(=O)c2cc(-c3csc(CNC(=O)C4(CC(=O)O)Cc5cc(F)c(F)cc5C4)n3)ccc2OCCN2CCOCC2)CC1. The van der Waals surface area contributed by atoms with E-state index in [-0.39, 0.29) is 30.0 Å². The second-order valence-electron chi connectivity index (χ2n) is 13.6. The van der Waals surface area contributed by atoms with Gasteiger partial charge >= 0.3 is 5.97 Å². The number of carbonyl (C=O) groups is 2. The number of piperidine rings is 1. The summed E-state index contributed by atoms with van der Waals surface area (Å²) in [6.45, 7) is 4.58. The Hall–Kier alpha value is -3.54. The Kier molecular flexibility index (Phi) is 11.4. The van der Waals surface area contributed by atoms with Crippen LogP contribution < -0.4 is 10.1 Å². The van der Waals surface area contributed by atoms with Crippen molar-refractivity contribution in [2.75, 3.05) is 66.6 Å². The molecule has 2 N–H and O–H groups in total. The number of benzene rings is 2. The summed E-state index contributed by atoms with van der Waals surface area (Å²) in [5.74, 6) is -3.58. The van der Waals surface area contributed by atoms with Gasteiger partial charge in [0.2, 0.25) is 15.9 Å². The number of aromatic nitrogens is 1. The summed E-state index contributed by atoms with van der Waals surface area (Å²) in [5, 5.41) is 14.7.